The number of hydrogen-bond acceptors (Lipinski definition) is 4. The maximum atomic E-state index is 13.0. The third kappa shape index (κ3) is 4.11. The smallest absolute Gasteiger partial charge is 0.278 e. The molecule has 0 spiro atoms. The molecule has 0 aliphatic carbocycles. The number of imide groups is 1. The SMILES string of the molecule is COCCN1C(=O)C(Nc2ccc(C(C)C)cc2)=C(c2ccc(Cl)cc2)C1=O. The molecule has 0 saturated carbocycles. The molecule has 0 fully saturated rings. The molecule has 0 atom stereocenters. The van der Waals surface area contributed by atoms with Gasteiger partial charge in [-0.1, -0.05) is 49.7 Å². The van der Waals surface area contributed by atoms with Crippen LogP contribution in [0.5, 0.6) is 0 Å². The zero-order valence-corrected chi connectivity index (χ0v) is 16.9. The second-order valence-electron chi connectivity index (χ2n) is 6.91. The Morgan fingerprint density at radius 2 is 1.64 bits per heavy atom. The fourth-order valence-corrected chi connectivity index (χ4v) is 3.18. The van der Waals surface area contributed by atoms with E-state index in [1.54, 1.807) is 24.3 Å². The second-order valence-corrected chi connectivity index (χ2v) is 7.35. The number of anilines is 1. The molecular formula is C22H23ClN2O3. The Morgan fingerprint density at radius 1 is 1.00 bits per heavy atom. The molecule has 28 heavy (non-hydrogen) atoms. The Labute approximate surface area is 169 Å². The van der Waals surface area contributed by atoms with Crippen LogP contribution in [-0.4, -0.2) is 37.0 Å². The first-order valence-electron chi connectivity index (χ1n) is 9.14. The van der Waals surface area contributed by atoms with Crippen LogP contribution in [0, 0.1) is 0 Å². The van der Waals surface area contributed by atoms with Crippen molar-refractivity contribution in [2.75, 3.05) is 25.6 Å². The molecule has 0 aromatic heterocycles. The average Bonchev–Trinajstić information content (AvgIpc) is 2.91. The summed E-state index contributed by atoms with van der Waals surface area (Å²) in [5.41, 5.74) is 3.20. The Morgan fingerprint density at radius 3 is 2.21 bits per heavy atom. The number of carbonyl (C=O) groups excluding carboxylic acids is 2. The first-order chi connectivity index (χ1) is 13.4. The van der Waals surface area contributed by atoms with Crippen molar-refractivity contribution in [1.82, 2.24) is 4.90 Å². The molecule has 0 radical (unpaired) electrons. The topological polar surface area (TPSA) is 58.6 Å². The Kier molecular flexibility index (Phi) is 6.17. The van der Waals surface area contributed by atoms with Gasteiger partial charge in [0, 0.05) is 17.8 Å². The van der Waals surface area contributed by atoms with Gasteiger partial charge in [0.15, 0.2) is 0 Å². The molecule has 3 rings (SSSR count). The van der Waals surface area contributed by atoms with Crippen LogP contribution in [0.25, 0.3) is 5.57 Å². The van der Waals surface area contributed by atoms with Crippen molar-refractivity contribution >= 4 is 34.7 Å². The predicted octanol–water partition coefficient (Wildman–Crippen LogP) is 4.30. The van der Waals surface area contributed by atoms with E-state index in [0.717, 1.165) is 5.69 Å². The van der Waals surface area contributed by atoms with E-state index in [-0.39, 0.29) is 30.7 Å². The molecule has 2 amide bonds. The second kappa shape index (κ2) is 8.59. The lowest BCUT2D eigenvalue weighted by molar-refractivity contribution is -0.137. The molecule has 2 aromatic rings. The number of halogens is 1. The summed E-state index contributed by atoms with van der Waals surface area (Å²) in [5, 5.41) is 3.72. The van der Waals surface area contributed by atoms with Gasteiger partial charge in [0.05, 0.1) is 18.7 Å². The van der Waals surface area contributed by atoms with Crippen LogP contribution < -0.4 is 5.32 Å². The van der Waals surface area contributed by atoms with Crippen LogP contribution in [0.3, 0.4) is 0 Å². The van der Waals surface area contributed by atoms with Crippen LogP contribution >= 0.6 is 11.6 Å². The number of nitrogens with zero attached hydrogens (tertiary/aromatic N) is 1. The number of nitrogens with one attached hydrogen (secondary N) is 1. The number of benzene rings is 2. The lowest BCUT2D eigenvalue weighted by Gasteiger charge is -2.14. The van der Waals surface area contributed by atoms with E-state index in [0.29, 0.717) is 22.1 Å². The standard InChI is InChI=1S/C22H23ClN2O3/c1-14(2)15-6-10-18(11-7-15)24-20-19(16-4-8-17(23)9-5-16)21(26)25(22(20)27)12-13-28-3/h4-11,14,24H,12-13H2,1-3H3. The maximum Gasteiger partial charge on any atom is 0.278 e. The van der Waals surface area contributed by atoms with Crippen molar-refractivity contribution in [2.24, 2.45) is 0 Å². The van der Waals surface area contributed by atoms with Gasteiger partial charge in [-0.3, -0.25) is 14.5 Å². The number of hydrogen-bond donors (Lipinski definition) is 1. The van der Waals surface area contributed by atoms with Crippen LogP contribution in [0.4, 0.5) is 5.69 Å². The van der Waals surface area contributed by atoms with Gasteiger partial charge in [-0.25, -0.2) is 0 Å². The fraction of sp³-hybridized carbons (Fsp3) is 0.273. The molecule has 0 saturated heterocycles. The summed E-state index contributed by atoms with van der Waals surface area (Å²) < 4.78 is 5.04. The molecule has 2 aromatic carbocycles. The van der Waals surface area contributed by atoms with Crippen LogP contribution in [0.15, 0.2) is 54.2 Å². The van der Waals surface area contributed by atoms with Crippen molar-refractivity contribution in [3.63, 3.8) is 0 Å². The maximum absolute atomic E-state index is 13.0. The van der Waals surface area contributed by atoms with Gasteiger partial charge in [0.2, 0.25) is 0 Å². The van der Waals surface area contributed by atoms with Crippen LogP contribution in [-0.2, 0) is 14.3 Å². The van der Waals surface area contributed by atoms with E-state index in [4.69, 9.17) is 16.3 Å². The minimum absolute atomic E-state index is 0.197. The molecule has 1 aliphatic heterocycles. The van der Waals surface area contributed by atoms with Gasteiger partial charge in [-0.05, 0) is 41.3 Å². The summed E-state index contributed by atoms with van der Waals surface area (Å²) in [5.74, 6) is -0.289. The van der Waals surface area contributed by atoms with E-state index in [1.165, 1.54) is 17.6 Å². The van der Waals surface area contributed by atoms with Gasteiger partial charge in [0.1, 0.15) is 5.70 Å². The van der Waals surface area contributed by atoms with Gasteiger partial charge in [0.25, 0.3) is 11.8 Å². The molecule has 0 unspecified atom stereocenters. The first-order valence-corrected chi connectivity index (χ1v) is 9.52. The Balaban J connectivity index is 1.98. The van der Waals surface area contributed by atoms with Crippen LogP contribution in [0.2, 0.25) is 5.02 Å². The van der Waals surface area contributed by atoms with E-state index in [9.17, 15) is 9.59 Å². The molecule has 1 N–H and O–H groups in total. The van der Waals surface area contributed by atoms with E-state index in [2.05, 4.69) is 19.2 Å². The summed E-state index contributed by atoms with van der Waals surface area (Å²) in [6, 6.07) is 14.7. The zero-order valence-electron chi connectivity index (χ0n) is 16.2. The van der Waals surface area contributed by atoms with Crippen molar-refractivity contribution in [1.29, 1.82) is 0 Å². The van der Waals surface area contributed by atoms with Gasteiger partial charge in [-0.2, -0.15) is 0 Å². The van der Waals surface area contributed by atoms with Crippen LogP contribution in [0.1, 0.15) is 30.9 Å². The molecule has 5 nitrogen and oxygen atoms in total. The summed E-state index contributed by atoms with van der Waals surface area (Å²) in [6.07, 6.45) is 0. The van der Waals surface area contributed by atoms with E-state index < -0.39 is 0 Å². The lowest BCUT2D eigenvalue weighted by atomic mass is 10.0. The number of ether oxygens (including phenoxy) is 1. The first kappa shape index (κ1) is 20.1. The Hall–Kier alpha value is -2.63. The van der Waals surface area contributed by atoms with Crippen molar-refractivity contribution in [3.8, 4) is 0 Å². The van der Waals surface area contributed by atoms with Crippen molar-refractivity contribution in [2.45, 2.75) is 19.8 Å². The quantitative estimate of drug-likeness (QED) is 0.706. The number of methoxy groups -OCH3 is 1. The van der Waals surface area contributed by atoms with E-state index >= 15 is 0 Å². The number of rotatable bonds is 7. The monoisotopic (exact) mass is 398 g/mol. The summed E-state index contributed by atoms with van der Waals surface area (Å²) in [6.45, 7) is 4.72. The van der Waals surface area contributed by atoms with Gasteiger partial charge >= 0.3 is 0 Å². The normalized spacial score (nSPS) is 14.4. The van der Waals surface area contributed by atoms with Gasteiger partial charge < -0.3 is 10.1 Å². The Bertz CT molecular complexity index is 902. The highest BCUT2D eigenvalue weighted by Gasteiger charge is 2.38. The van der Waals surface area contributed by atoms with E-state index in [1.807, 2.05) is 24.3 Å². The molecule has 0 bridgehead atoms. The highest BCUT2D eigenvalue weighted by Crippen LogP contribution is 2.31. The highest BCUT2D eigenvalue weighted by molar-refractivity contribution is 6.36. The molecule has 1 aliphatic rings. The summed E-state index contributed by atoms with van der Waals surface area (Å²) >= 11 is 5.98. The van der Waals surface area contributed by atoms with Crippen molar-refractivity contribution < 1.29 is 14.3 Å². The predicted molar refractivity (Wildman–Crippen MR) is 111 cm³/mol. The zero-order chi connectivity index (χ0) is 20.3. The third-order valence-electron chi connectivity index (χ3n) is 4.67. The average molecular weight is 399 g/mol. The third-order valence-corrected chi connectivity index (χ3v) is 4.92. The minimum atomic E-state index is -0.361. The molecule has 1 heterocycles. The minimum Gasteiger partial charge on any atom is -0.383 e. The summed E-state index contributed by atoms with van der Waals surface area (Å²) in [4.78, 5) is 27.1. The largest absolute Gasteiger partial charge is 0.383 e. The molecule has 146 valence electrons. The fourth-order valence-electron chi connectivity index (χ4n) is 3.06. The molecular weight excluding hydrogens is 376 g/mol. The summed E-state index contributed by atoms with van der Waals surface area (Å²) in [7, 11) is 1.54. The number of amides is 2. The van der Waals surface area contributed by atoms with Gasteiger partial charge in [-0.15, -0.1) is 0 Å². The molecule has 6 heteroatoms. The van der Waals surface area contributed by atoms with Crippen molar-refractivity contribution in [3.05, 3.63) is 70.4 Å². The highest BCUT2D eigenvalue weighted by atomic mass is 35.5. The number of carbonyl (C=O) groups is 2. The lowest BCUT2D eigenvalue weighted by Crippen LogP contribution is -2.35.